The number of carbonyl (C=O) groups excluding carboxylic acids is 1. The number of nitrogens with one attached hydrogen (secondary N) is 1. The first-order chi connectivity index (χ1) is 6.74. The summed E-state index contributed by atoms with van der Waals surface area (Å²) in [5.74, 6) is 0.180. The van der Waals surface area contributed by atoms with Gasteiger partial charge in [0.2, 0.25) is 5.91 Å². The summed E-state index contributed by atoms with van der Waals surface area (Å²) in [5, 5.41) is 12.7. The Hall–Kier alpha value is -0.610. The molecule has 0 radical (unpaired) electrons. The average Bonchev–Trinajstić information content (AvgIpc) is 2.52. The molecule has 1 saturated heterocycles. The SMILES string of the molecule is CCCNCC(O)CN1CCCC1=O. The van der Waals surface area contributed by atoms with Crippen molar-refractivity contribution in [1.29, 1.82) is 0 Å². The molecular weight excluding hydrogens is 180 g/mol. The van der Waals surface area contributed by atoms with Gasteiger partial charge in [-0.2, -0.15) is 0 Å². The van der Waals surface area contributed by atoms with Crippen LogP contribution in [-0.4, -0.2) is 48.2 Å². The highest BCUT2D eigenvalue weighted by molar-refractivity contribution is 5.78. The van der Waals surface area contributed by atoms with Gasteiger partial charge in [0.05, 0.1) is 6.10 Å². The van der Waals surface area contributed by atoms with Crippen molar-refractivity contribution in [3.63, 3.8) is 0 Å². The van der Waals surface area contributed by atoms with Crippen molar-refractivity contribution in [2.75, 3.05) is 26.2 Å². The minimum Gasteiger partial charge on any atom is -0.390 e. The molecule has 1 amide bonds. The number of aliphatic hydroxyl groups excluding tert-OH is 1. The molecule has 1 heterocycles. The number of hydrogen-bond donors (Lipinski definition) is 2. The van der Waals surface area contributed by atoms with Gasteiger partial charge in [0.15, 0.2) is 0 Å². The lowest BCUT2D eigenvalue weighted by molar-refractivity contribution is -0.128. The minimum absolute atomic E-state index is 0.180. The Labute approximate surface area is 85.3 Å². The second kappa shape index (κ2) is 5.98. The summed E-state index contributed by atoms with van der Waals surface area (Å²) in [6.45, 7) is 4.88. The Bertz CT molecular complexity index is 185. The van der Waals surface area contributed by atoms with Gasteiger partial charge < -0.3 is 15.3 Å². The lowest BCUT2D eigenvalue weighted by atomic mass is 10.3. The monoisotopic (exact) mass is 200 g/mol. The van der Waals surface area contributed by atoms with Crippen LogP contribution in [0.5, 0.6) is 0 Å². The number of amides is 1. The van der Waals surface area contributed by atoms with Gasteiger partial charge in [-0.25, -0.2) is 0 Å². The number of rotatable bonds is 6. The number of nitrogens with zero attached hydrogens (tertiary/aromatic N) is 1. The van der Waals surface area contributed by atoms with Gasteiger partial charge in [0, 0.05) is 26.1 Å². The molecule has 82 valence electrons. The Kier molecular flexibility index (Phi) is 4.90. The lowest BCUT2D eigenvalue weighted by Gasteiger charge is -2.20. The second-order valence-electron chi connectivity index (χ2n) is 3.80. The van der Waals surface area contributed by atoms with Crippen LogP contribution in [0.3, 0.4) is 0 Å². The van der Waals surface area contributed by atoms with E-state index in [4.69, 9.17) is 0 Å². The smallest absolute Gasteiger partial charge is 0.222 e. The highest BCUT2D eigenvalue weighted by Gasteiger charge is 2.21. The molecule has 1 aliphatic heterocycles. The summed E-state index contributed by atoms with van der Waals surface area (Å²) < 4.78 is 0. The Morgan fingerprint density at radius 3 is 3.00 bits per heavy atom. The fourth-order valence-electron chi connectivity index (χ4n) is 1.66. The summed E-state index contributed by atoms with van der Waals surface area (Å²) >= 11 is 0. The van der Waals surface area contributed by atoms with Crippen LogP contribution in [0.15, 0.2) is 0 Å². The number of carbonyl (C=O) groups is 1. The molecule has 1 aliphatic rings. The summed E-state index contributed by atoms with van der Waals surface area (Å²) in [5.41, 5.74) is 0. The third-order valence-corrected chi connectivity index (χ3v) is 2.41. The first kappa shape index (κ1) is 11.5. The van der Waals surface area contributed by atoms with Crippen molar-refractivity contribution < 1.29 is 9.90 Å². The fourth-order valence-corrected chi connectivity index (χ4v) is 1.66. The molecule has 1 fully saturated rings. The van der Waals surface area contributed by atoms with Crippen LogP contribution >= 0.6 is 0 Å². The van der Waals surface area contributed by atoms with Crippen molar-refractivity contribution in [1.82, 2.24) is 10.2 Å². The molecule has 0 spiro atoms. The minimum atomic E-state index is -0.427. The molecule has 1 unspecified atom stereocenters. The molecule has 4 nitrogen and oxygen atoms in total. The summed E-state index contributed by atoms with van der Waals surface area (Å²) in [4.78, 5) is 13.0. The van der Waals surface area contributed by atoms with E-state index in [0.717, 1.165) is 25.9 Å². The van der Waals surface area contributed by atoms with Crippen LogP contribution in [0.1, 0.15) is 26.2 Å². The predicted octanol–water partition coefficient (Wildman–Crippen LogP) is -0.0307. The van der Waals surface area contributed by atoms with Crippen molar-refractivity contribution in [2.45, 2.75) is 32.3 Å². The first-order valence-corrected chi connectivity index (χ1v) is 5.40. The van der Waals surface area contributed by atoms with Crippen molar-refractivity contribution >= 4 is 5.91 Å². The first-order valence-electron chi connectivity index (χ1n) is 5.40. The summed E-state index contributed by atoms with van der Waals surface area (Å²) in [6.07, 6.45) is 2.22. The Morgan fingerprint density at radius 2 is 2.43 bits per heavy atom. The average molecular weight is 200 g/mol. The van der Waals surface area contributed by atoms with E-state index in [1.807, 2.05) is 0 Å². The number of likely N-dealkylation sites (tertiary alicyclic amines) is 1. The molecule has 0 saturated carbocycles. The van der Waals surface area contributed by atoms with E-state index in [2.05, 4.69) is 12.2 Å². The summed E-state index contributed by atoms with van der Waals surface area (Å²) in [6, 6.07) is 0. The molecule has 0 bridgehead atoms. The molecule has 4 heteroatoms. The molecule has 0 aromatic rings. The topological polar surface area (TPSA) is 52.6 Å². The van der Waals surface area contributed by atoms with Crippen molar-refractivity contribution in [2.24, 2.45) is 0 Å². The van der Waals surface area contributed by atoms with Gasteiger partial charge in [-0.1, -0.05) is 6.92 Å². The van der Waals surface area contributed by atoms with Crippen LogP contribution in [0.2, 0.25) is 0 Å². The van der Waals surface area contributed by atoms with Crippen LogP contribution in [0.25, 0.3) is 0 Å². The third-order valence-electron chi connectivity index (χ3n) is 2.41. The van der Waals surface area contributed by atoms with Gasteiger partial charge in [-0.05, 0) is 19.4 Å². The van der Waals surface area contributed by atoms with Crippen LogP contribution in [0, 0.1) is 0 Å². The summed E-state index contributed by atoms with van der Waals surface area (Å²) in [7, 11) is 0. The fraction of sp³-hybridized carbons (Fsp3) is 0.900. The zero-order chi connectivity index (χ0) is 10.4. The van der Waals surface area contributed by atoms with Crippen LogP contribution in [0.4, 0.5) is 0 Å². The molecular formula is C10H20N2O2. The van der Waals surface area contributed by atoms with E-state index in [-0.39, 0.29) is 5.91 Å². The zero-order valence-electron chi connectivity index (χ0n) is 8.83. The maximum Gasteiger partial charge on any atom is 0.222 e. The highest BCUT2D eigenvalue weighted by atomic mass is 16.3. The lowest BCUT2D eigenvalue weighted by Crippen LogP contribution is -2.39. The van der Waals surface area contributed by atoms with Crippen LogP contribution < -0.4 is 5.32 Å². The van der Waals surface area contributed by atoms with Gasteiger partial charge in [0.25, 0.3) is 0 Å². The second-order valence-corrected chi connectivity index (χ2v) is 3.80. The predicted molar refractivity (Wildman–Crippen MR) is 55.0 cm³/mol. The Morgan fingerprint density at radius 1 is 1.64 bits per heavy atom. The molecule has 1 rings (SSSR count). The molecule has 2 N–H and O–H groups in total. The van der Waals surface area contributed by atoms with E-state index < -0.39 is 6.10 Å². The molecule has 0 aliphatic carbocycles. The van der Waals surface area contributed by atoms with E-state index in [1.165, 1.54) is 0 Å². The van der Waals surface area contributed by atoms with Gasteiger partial charge in [-0.15, -0.1) is 0 Å². The highest BCUT2D eigenvalue weighted by Crippen LogP contribution is 2.09. The van der Waals surface area contributed by atoms with Crippen LogP contribution in [-0.2, 0) is 4.79 Å². The van der Waals surface area contributed by atoms with Gasteiger partial charge in [0.1, 0.15) is 0 Å². The van der Waals surface area contributed by atoms with E-state index >= 15 is 0 Å². The molecule has 0 aromatic carbocycles. The number of β-amino-alcohol motifs (C(OH)–C–C–N with tert-alkyl or cyclic N) is 1. The van der Waals surface area contributed by atoms with E-state index in [9.17, 15) is 9.90 Å². The molecule has 0 aromatic heterocycles. The number of hydrogen-bond acceptors (Lipinski definition) is 3. The largest absolute Gasteiger partial charge is 0.390 e. The zero-order valence-corrected chi connectivity index (χ0v) is 8.83. The van der Waals surface area contributed by atoms with Crippen molar-refractivity contribution in [3.05, 3.63) is 0 Å². The van der Waals surface area contributed by atoms with Gasteiger partial charge in [-0.3, -0.25) is 4.79 Å². The molecule has 1 atom stereocenters. The van der Waals surface area contributed by atoms with E-state index in [0.29, 0.717) is 19.5 Å². The standard InChI is InChI=1S/C10H20N2O2/c1-2-5-11-7-9(13)8-12-6-3-4-10(12)14/h9,11,13H,2-8H2,1H3. The van der Waals surface area contributed by atoms with E-state index in [1.54, 1.807) is 4.90 Å². The number of aliphatic hydroxyl groups is 1. The van der Waals surface area contributed by atoms with Gasteiger partial charge >= 0.3 is 0 Å². The normalized spacial score (nSPS) is 19.0. The molecule has 14 heavy (non-hydrogen) atoms. The Balaban J connectivity index is 2.12. The maximum atomic E-state index is 11.2. The third kappa shape index (κ3) is 3.64. The van der Waals surface area contributed by atoms with Crippen molar-refractivity contribution in [3.8, 4) is 0 Å². The maximum absolute atomic E-state index is 11.2. The quantitative estimate of drug-likeness (QED) is 0.592.